The fourth-order valence-electron chi connectivity index (χ4n) is 4.05. The van der Waals surface area contributed by atoms with E-state index in [9.17, 15) is 9.59 Å². The van der Waals surface area contributed by atoms with Crippen molar-refractivity contribution in [1.29, 1.82) is 0 Å². The second-order valence-electron chi connectivity index (χ2n) is 6.71. The summed E-state index contributed by atoms with van der Waals surface area (Å²) in [5.74, 6) is 1.48. The van der Waals surface area contributed by atoms with Gasteiger partial charge in [0, 0.05) is 24.7 Å². The molecule has 1 aromatic rings. The summed E-state index contributed by atoms with van der Waals surface area (Å²) >= 11 is 0. The first kappa shape index (κ1) is 16.8. The standard InChI is InChI=1S/C18H25N3O3/c1-24-14-6-4-11(5-7-14)17(22)20-8-9-21-18(23)15-12-2-3-13(10-12)16(15)19/h4-7,12-13,15-16H,2-3,8-10,19H2,1H3,(H,20,22)(H,21,23). The highest BCUT2D eigenvalue weighted by Gasteiger charge is 2.48. The molecule has 6 heteroatoms. The molecular weight excluding hydrogens is 306 g/mol. The number of amides is 2. The summed E-state index contributed by atoms with van der Waals surface area (Å²) in [6.45, 7) is 0.813. The van der Waals surface area contributed by atoms with Crippen LogP contribution in [0.5, 0.6) is 5.75 Å². The van der Waals surface area contributed by atoms with Crippen molar-refractivity contribution in [3.63, 3.8) is 0 Å². The maximum atomic E-state index is 12.3. The molecule has 2 bridgehead atoms. The van der Waals surface area contributed by atoms with Crippen molar-refractivity contribution in [3.05, 3.63) is 29.8 Å². The minimum atomic E-state index is -0.163. The molecule has 2 aliphatic carbocycles. The summed E-state index contributed by atoms with van der Waals surface area (Å²) in [6, 6.07) is 6.90. The van der Waals surface area contributed by atoms with Crippen LogP contribution in [0.4, 0.5) is 0 Å². The zero-order valence-electron chi connectivity index (χ0n) is 14.0. The fourth-order valence-corrected chi connectivity index (χ4v) is 4.05. The maximum absolute atomic E-state index is 12.3. The van der Waals surface area contributed by atoms with Crippen LogP contribution in [0, 0.1) is 17.8 Å². The molecule has 4 N–H and O–H groups in total. The Balaban J connectivity index is 1.40. The first-order valence-electron chi connectivity index (χ1n) is 8.55. The van der Waals surface area contributed by atoms with Gasteiger partial charge < -0.3 is 21.1 Å². The molecule has 24 heavy (non-hydrogen) atoms. The maximum Gasteiger partial charge on any atom is 0.251 e. The molecule has 2 amide bonds. The van der Waals surface area contributed by atoms with Crippen molar-refractivity contribution in [2.45, 2.75) is 25.3 Å². The van der Waals surface area contributed by atoms with E-state index in [0.717, 1.165) is 19.3 Å². The van der Waals surface area contributed by atoms with Gasteiger partial charge >= 0.3 is 0 Å². The van der Waals surface area contributed by atoms with Gasteiger partial charge in [-0.2, -0.15) is 0 Å². The van der Waals surface area contributed by atoms with Crippen LogP contribution in [0.3, 0.4) is 0 Å². The summed E-state index contributed by atoms with van der Waals surface area (Å²) in [7, 11) is 1.58. The Morgan fingerprint density at radius 2 is 1.79 bits per heavy atom. The second kappa shape index (κ2) is 7.21. The molecule has 0 heterocycles. The van der Waals surface area contributed by atoms with Crippen LogP contribution in [0.1, 0.15) is 29.6 Å². The lowest BCUT2D eigenvalue weighted by Gasteiger charge is -2.27. The Bertz CT molecular complexity index is 600. The third-order valence-corrected chi connectivity index (χ3v) is 5.35. The van der Waals surface area contributed by atoms with Crippen molar-refractivity contribution in [2.75, 3.05) is 20.2 Å². The molecule has 130 valence electrons. The minimum Gasteiger partial charge on any atom is -0.497 e. The molecule has 0 radical (unpaired) electrons. The molecule has 2 saturated carbocycles. The molecule has 3 rings (SSSR count). The van der Waals surface area contributed by atoms with E-state index in [1.165, 1.54) is 0 Å². The monoisotopic (exact) mass is 331 g/mol. The van der Waals surface area contributed by atoms with Crippen molar-refractivity contribution in [3.8, 4) is 5.75 Å². The van der Waals surface area contributed by atoms with Gasteiger partial charge in [0.2, 0.25) is 5.91 Å². The number of carbonyl (C=O) groups excluding carboxylic acids is 2. The van der Waals surface area contributed by atoms with E-state index in [1.54, 1.807) is 31.4 Å². The normalized spacial score (nSPS) is 27.8. The Kier molecular flexibility index (Phi) is 5.04. The lowest BCUT2D eigenvalue weighted by atomic mass is 9.84. The number of hydrogen-bond acceptors (Lipinski definition) is 4. The SMILES string of the molecule is COc1ccc(C(=O)NCCNC(=O)C2C3CCC(C3)C2N)cc1. The van der Waals surface area contributed by atoms with Gasteiger partial charge in [0.15, 0.2) is 0 Å². The average molecular weight is 331 g/mol. The first-order chi connectivity index (χ1) is 11.6. The van der Waals surface area contributed by atoms with E-state index in [4.69, 9.17) is 10.5 Å². The van der Waals surface area contributed by atoms with Crippen LogP contribution < -0.4 is 21.1 Å². The quantitative estimate of drug-likeness (QED) is 0.676. The lowest BCUT2D eigenvalue weighted by Crippen LogP contribution is -2.46. The third kappa shape index (κ3) is 3.38. The number of rotatable bonds is 6. The number of nitrogens with one attached hydrogen (secondary N) is 2. The zero-order valence-corrected chi connectivity index (χ0v) is 14.0. The van der Waals surface area contributed by atoms with E-state index >= 15 is 0 Å². The third-order valence-electron chi connectivity index (χ3n) is 5.35. The highest BCUT2D eigenvalue weighted by molar-refractivity contribution is 5.94. The van der Waals surface area contributed by atoms with Crippen molar-refractivity contribution < 1.29 is 14.3 Å². The first-order valence-corrected chi connectivity index (χ1v) is 8.55. The molecule has 0 aliphatic heterocycles. The number of nitrogens with two attached hydrogens (primary N) is 1. The van der Waals surface area contributed by atoms with Crippen LogP contribution in [-0.2, 0) is 4.79 Å². The Morgan fingerprint density at radius 3 is 2.42 bits per heavy atom. The predicted molar refractivity (Wildman–Crippen MR) is 90.6 cm³/mol. The molecule has 4 atom stereocenters. The van der Waals surface area contributed by atoms with Crippen molar-refractivity contribution in [2.24, 2.45) is 23.5 Å². The highest BCUT2D eigenvalue weighted by Crippen LogP contribution is 2.47. The predicted octanol–water partition coefficient (Wildman–Crippen LogP) is 0.915. The Morgan fingerprint density at radius 1 is 1.12 bits per heavy atom. The van der Waals surface area contributed by atoms with Crippen LogP contribution >= 0.6 is 0 Å². The van der Waals surface area contributed by atoms with Crippen LogP contribution in [0.15, 0.2) is 24.3 Å². The number of carbonyl (C=O) groups is 2. The van der Waals surface area contributed by atoms with E-state index in [-0.39, 0.29) is 23.8 Å². The van der Waals surface area contributed by atoms with Gasteiger partial charge in [-0.1, -0.05) is 0 Å². The summed E-state index contributed by atoms with van der Waals surface area (Å²) in [4.78, 5) is 24.3. The number of ether oxygens (including phenoxy) is 1. The summed E-state index contributed by atoms with van der Waals surface area (Å²) in [6.07, 6.45) is 3.37. The van der Waals surface area contributed by atoms with Crippen LogP contribution in [-0.4, -0.2) is 38.1 Å². The zero-order chi connectivity index (χ0) is 17.1. The molecule has 0 aromatic heterocycles. The largest absolute Gasteiger partial charge is 0.497 e. The van der Waals surface area contributed by atoms with Crippen molar-refractivity contribution in [1.82, 2.24) is 10.6 Å². The molecule has 0 spiro atoms. The highest BCUT2D eigenvalue weighted by atomic mass is 16.5. The van der Waals surface area contributed by atoms with Crippen LogP contribution in [0.2, 0.25) is 0 Å². The van der Waals surface area contributed by atoms with Gasteiger partial charge in [0.1, 0.15) is 5.75 Å². The smallest absolute Gasteiger partial charge is 0.251 e. The summed E-state index contributed by atoms with van der Waals surface area (Å²) in [5.41, 5.74) is 6.74. The number of methoxy groups -OCH3 is 1. The molecule has 0 saturated heterocycles. The molecule has 4 unspecified atom stereocenters. The number of benzene rings is 1. The molecule has 2 aliphatic rings. The fraction of sp³-hybridized carbons (Fsp3) is 0.556. The van der Waals surface area contributed by atoms with E-state index in [2.05, 4.69) is 10.6 Å². The van der Waals surface area contributed by atoms with Crippen molar-refractivity contribution >= 4 is 11.8 Å². The number of hydrogen-bond donors (Lipinski definition) is 3. The van der Waals surface area contributed by atoms with Gasteiger partial charge in [-0.05, 0) is 55.4 Å². The van der Waals surface area contributed by atoms with Crippen LogP contribution in [0.25, 0.3) is 0 Å². The molecule has 1 aromatic carbocycles. The molecular formula is C18H25N3O3. The molecule has 2 fully saturated rings. The summed E-state index contributed by atoms with van der Waals surface area (Å²) in [5, 5.41) is 5.71. The minimum absolute atomic E-state index is 0.00218. The summed E-state index contributed by atoms with van der Waals surface area (Å²) < 4.78 is 5.06. The van der Waals surface area contributed by atoms with Gasteiger partial charge in [0.25, 0.3) is 5.91 Å². The van der Waals surface area contributed by atoms with Gasteiger partial charge in [-0.25, -0.2) is 0 Å². The molecule has 6 nitrogen and oxygen atoms in total. The van der Waals surface area contributed by atoms with Gasteiger partial charge in [-0.15, -0.1) is 0 Å². The topological polar surface area (TPSA) is 93.5 Å². The lowest BCUT2D eigenvalue weighted by molar-refractivity contribution is -0.127. The Labute approximate surface area is 142 Å². The average Bonchev–Trinajstić information content (AvgIpc) is 3.19. The van der Waals surface area contributed by atoms with Gasteiger partial charge in [-0.3, -0.25) is 9.59 Å². The van der Waals surface area contributed by atoms with E-state index in [1.807, 2.05) is 0 Å². The van der Waals surface area contributed by atoms with E-state index < -0.39 is 0 Å². The second-order valence-corrected chi connectivity index (χ2v) is 6.71. The van der Waals surface area contributed by atoms with Gasteiger partial charge in [0.05, 0.1) is 13.0 Å². The number of fused-ring (bicyclic) bond motifs is 2. The Hall–Kier alpha value is -2.08. The van der Waals surface area contributed by atoms with E-state index in [0.29, 0.717) is 36.2 Å².